The Morgan fingerprint density at radius 3 is 2.63 bits per heavy atom. The summed E-state index contributed by atoms with van der Waals surface area (Å²) in [4.78, 5) is 42.0. The number of hydrogen-bond acceptors (Lipinski definition) is 7. The van der Waals surface area contributed by atoms with E-state index in [9.17, 15) is 14.4 Å². The molecule has 0 unspecified atom stereocenters. The molecular formula is C25H26N4O6. The van der Waals surface area contributed by atoms with Gasteiger partial charge in [-0.1, -0.05) is 36.4 Å². The molecule has 4 rings (SSSR count). The monoisotopic (exact) mass is 478 g/mol. The highest BCUT2D eigenvalue weighted by Crippen LogP contribution is 2.31. The molecule has 1 aliphatic rings. The molecular weight excluding hydrogens is 452 g/mol. The van der Waals surface area contributed by atoms with Crippen LogP contribution in [0.3, 0.4) is 0 Å². The molecule has 0 spiro atoms. The van der Waals surface area contributed by atoms with Crippen LogP contribution in [0.15, 0.2) is 64.2 Å². The maximum Gasteiger partial charge on any atom is 0.330 e. The number of methoxy groups -OCH3 is 1. The van der Waals surface area contributed by atoms with Crippen LogP contribution in [0.4, 0.5) is 11.5 Å². The fourth-order valence-corrected chi connectivity index (χ4v) is 3.70. The second kappa shape index (κ2) is 10.7. The summed E-state index contributed by atoms with van der Waals surface area (Å²) >= 11 is 0. The summed E-state index contributed by atoms with van der Waals surface area (Å²) in [5.74, 6) is 0.621. The van der Waals surface area contributed by atoms with E-state index in [-0.39, 0.29) is 31.2 Å². The first-order valence-corrected chi connectivity index (χ1v) is 11.0. The van der Waals surface area contributed by atoms with Crippen LogP contribution in [0.5, 0.6) is 11.5 Å². The van der Waals surface area contributed by atoms with Crippen molar-refractivity contribution in [2.45, 2.75) is 6.54 Å². The summed E-state index contributed by atoms with van der Waals surface area (Å²) in [6.07, 6.45) is 2.93. The van der Waals surface area contributed by atoms with Crippen molar-refractivity contribution in [2.24, 2.45) is 0 Å². The number of carbonyl (C=O) groups excluding carboxylic acids is 1. The molecule has 3 N–H and O–H groups in total. The SMILES string of the molecule is COCCN(C(=O)C=Cc1ccc2c(c1)OCCO2)c1c(N)n(Cc2ccccc2)c(=O)[nH]c1=O. The summed E-state index contributed by atoms with van der Waals surface area (Å²) in [5.41, 5.74) is 6.27. The number of nitrogens with two attached hydrogens (primary N) is 1. The Hall–Kier alpha value is -4.31. The molecule has 0 saturated heterocycles. The van der Waals surface area contributed by atoms with E-state index in [1.54, 1.807) is 24.3 Å². The first-order chi connectivity index (χ1) is 17.0. The minimum atomic E-state index is -0.756. The van der Waals surface area contributed by atoms with Crippen LogP contribution in [0.1, 0.15) is 11.1 Å². The third kappa shape index (κ3) is 5.44. The van der Waals surface area contributed by atoms with Crippen molar-refractivity contribution in [2.75, 3.05) is 44.1 Å². The van der Waals surface area contributed by atoms with Crippen molar-refractivity contribution in [1.29, 1.82) is 0 Å². The number of benzene rings is 2. The molecule has 0 atom stereocenters. The molecule has 0 radical (unpaired) electrons. The molecule has 10 nitrogen and oxygen atoms in total. The standard InChI is InChI=1S/C25H26N4O6/c1-33-12-11-28(21(30)10-8-17-7-9-19-20(15-17)35-14-13-34-19)22-23(26)29(25(32)27-24(22)31)16-18-5-3-2-4-6-18/h2-10,15H,11-14,16,26H2,1H3,(H,27,31,32). The van der Waals surface area contributed by atoms with Crippen LogP contribution < -0.4 is 31.4 Å². The third-order valence-corrected chi connectivity index (χ3v) is 5.44. The van der Waals surface area contributed by atoms with Crippen molar-refractivity contribution >= 4 is 23.5 Å². The lowest BCUT2D eigenvalue weighted by Crippen LogP contribution is -2.42. The Morgan fingerprint density at radius 2 is 1.89 bits per heavy atom. The zero-order chi connectivity index (χ0) is 24.8. The maximum atomic E-state index is 13.2. The Labute approximate surface area is 201 Å². The second-order valence-corrected chi connectivity index (χ2v) is 7.78. The number of carbonyl (C=O) groups is 1. The number of fused-ring (bicyclic) bond motifs is 1. The number of aromatic amines is 1. The van der Waals surface area contributed by atoms with Crippen LogP contribution in [0.2, 0.25) is 0 Å². The number of rotatable bonds is 8. The summed E-state index contributed by atoms with van der Waals surface area (Å²) < 4.78 is 17.5. The van der Waals surface area contributed by atoms with Gasteiger partial charge >= 0.3 is 5.69 Å². The van der Waals surface area contributed by atoms with Gasteiger partial charge in [0, 0.05) is 19.7 Å². The number of nitrogen functional groups attached to an aromatic ring is 1. The van der Waals surface area contributed by atoms with Gasteiger partial charge in [0.25, 0.3) is 11.5 Å². The van der Waals surface area contributed by atoms with Crippen molar-refractivity contribution in [3.8, 4) is 11.5 Å². The van der Waals surface area contributed by atoms with Gasteiger partial charge in [0.15, 0.2) is 17.2 Å². The van der Waals surface area contributed by atoms with E-state index < -0.39 is 17.2 Å². The largest absolute Gasteiger partial charge is 0.486 e. The number of ether oxygens (including phenoxy) is 3. The van der Waals surface area contributed by atoms with Crippen molar-refractivity contribution in [3.05, 3.63) is 86.6 Å². The smallest absolute Gasteiger partial charge is 0.330 e. The van der Waals surface area contributed by atoms with E-state index in [0.717, 1.165) is 5.56 Å². The predicted molar refractivity (Wildman–Crippen MR) is 132 cm³/mol. The van der Waals surface area contributed by atoms with Gasteiger partial charge < -0.3 is 19.9 Å². The summed E-state index contributed by atoms with van der Waals surface area (Å²) in [6, 6.07) is 14.5. The molecule has 0 bridgehead atoms. The topological polar surface area (TPSA) is 129 Å². The third-order valence-electron chi connectivity index (χ3n) is 5.44. The van der Waals surface area contributed by atoms with Crippen LogP contribution in [-0.4, -0.2) is 48.9 Å². The van der Waals surface area contributed by atoms with Crippen LogP contribution in [0, 0.1) is 0 Å². The van der Waals surface area contributed by atoms with Crippen LogP contribution in [0.25, 0.3) is 6.08 Å². The van der Waals surface area contributed by atoms with Gasteiger partial charge in [-0.25, -0.2) is 4.79 Å². The first kappa shape index (κ1) is 23.8. The highest BCUT2D eigenvalue weighted by molar-refractivity contribution is 6.05. The van der Waals surface area contributed by atoms with Gasteiger partial charge in [-0.2, -0.15) is 0 Å². The summed E-state index contributed by atoms with van der Waals surface area (Å²) in [6.45, 7) is 1.27. The lowest BCUT2D eigenvalue weighted by atomic mass is 10.1. The zero-order valence-corrected chi connectivity index (χ0v) is 19.2. The summed E-state index contributed by atoms with van der Waals surface area (Å²) in [7, 11) is 1.48. The molecule has 3 aromatic rings. The lowest BCUT2D eigenvalue weighted by Gasteiger charge is -2.23. The maximum absolute atomic E-state index is 13.2. The van der Waals surface area contributed by atoms with Crippen LogP contribution in [-0.2, 0) is 16.1 Å². The number of nitrogens with zero attached hydrogens (tertiary/aromatic N) is 2. The van der Waals surface area contributed by atoms with Gasteiger partial charge in [-0.15, -0.1) is 0 Å². The molecule has 2 heterocycles. The fourth-order valence-electron chi connectivity index (χ4n) is 3.70. The highest BCUT2D eigenvalue weighted by Gasteiger charge is 2.23. The highest BCUT2D eigenvalue weighted by atomic mass is 16.6. The number of nitrogens with one attached hydrogen (secondary N) is 1. The Morgan fingerprint density at radius 1 is 1.14 bits per heavy atom. The molecule has 35 heavy (non-hydrogen) atoms. The van der Waals surface area contributed by atoms with E-state index in [1.165, 1.54) is 22.7 Å². The Kier molecular flexibility index (Phi) is 7.32. The van der Waals surface area contributed by atoms with E-state index in [0.29, 0.717) is 30.3 Å². The van der Waals surface area contributed by atoms with Crippen molar-refractivity contribution < 1.29 is 19.0 Å². The van der Waals surface area contributed by atoms with Crippen LogP contribution >= 0.6 is 0 Å². The quantitative estimate of drug-likeness (QED) is 0.471. The number of H-pyrrole nitrogens is 1. The average molecular weight is 479 g/mol. The normalized spacial score (nSPS) is 12.6. The van der Waals surface area contributed by atoms with E-state index in [4.69, 9.17) is 19.9 Å². The molecule has 0 aliphatic carbocycles. The molecule has 182 valence electrons. The van der Waals surface area contributed by atoms with Gasteiger partial charge in [-0.3, -0.25) is 24.0 Å². The van der Waals surface area contributed by atoms with Gasteiger partial charge in [0.1, 0.15) is 19.0 Å². The lowest BCUT2D eigenvalue weighted by molar-refractivity contribution is -0.114. The molecule has 1 aliphatic heterocycles. The molecule has 0 fully saturated rings. The van der Waals surface area contributed by atoms with Crippen molar-refractivity contribution in [3.63, 3.8) is 0 Å². The van der Waals surface area contributed by atoms with E-state index in [1.807, 2.05) is 30.3 Å². The zero-order valence-electron chi connectivity index (χ0n) is 19.2. The number of amides is 1. The Balaban J connectivity index is 1.66. The predicted octanol–water partition coefficient (Wildman–Crippen LogP) is 1.63. The Bertz CT molecular complexity index is 1350. The number of anilines is 2. The van der Waals surface area contributed by atoms with Crippen molar-refractivity contribution in [1.82, 2.24) is 9.55 Å². The minimum absolute atomic E-state index is 0.0532. The molecule has 1 aromatic heterocycles. The van der Waals surface area contributed by atoms with Gasteiger partial charge in [-0.05, 0) is 29.3 Å². The molecule has 0 saturated carbocycles. The van der Waals surface area contributed by atoms with E-state index in [2.05, 4.69) is 4.98 Å². The molecule has 2 aromatic carbocycles. The van der Waals surface area contributed by atoms with Gasteiger partial charge in [0.2, 0.25) is 0 Å². The van der Waals surface area contributed by atoms with Gasteiger partial charge in [0.05, 0.1) is 13.2 Å². The number of hydrogen-bond donors (Lipinski definition) is 2. The second-order valence-electron chi connectivity index (χ2n) is 7.78. The average Bonchev–Trinajstić information content (AvgIpc) is 2.87. The molecule has 10 heteroatoms. The number of aromatic nitrogens is 2. The molecule has 1 amide bonds. The fraction of sp³-hybridized carbons (Fsp3) is 0.240. The minimum Gasteiger partial charge on any atom is -0.486 e. The van der Waals surface area contributed by atoms with E-state index >= 15 is 0 Å². The summed E-state index contributed by atoms with van der Waals surface area (Å²) in [5, 5.41) is 0. The first-order valence-electron chi connectivity index (χ1n) is 11.0.